The quantitative estimate of drug-likeness (QED) is 0.671. The average Bonchev–Trinajstić information content (AvgIpc) is 2.47. The molecule has 0 atom stereocenters. The maximum Gasteiger partial charge on any atom is 0.288 e. The van der Waals surface area contributed by atoms with Gasteiger partial charge in [0.25, 0.3) is 11.6 Å². The van der Waals surface area contributed by atoms with Crippen molar-refractivity contribution in [2.75, 3.05) is 5.32 Å². The van der Waals surface area contributed by atoms with Crippen LogP contribution < -0.4 is 5.32 Å². The zero-order chi connectivity index (χ0) is 15.4. The van der Waals surface area contributed by atoms with Gasteiger partial charge in [0.05, 0.1) is 17.1 Å². The van der Waals surface area contributed by atoms with Gasteiger partial charge >= 0.3 is 0 Å². The van der Waals surface area contributed by atoms with E-state index >= 15 is 0 Å². The lowest BCUT2D eigenvalue weighted by atomic mass is 10.1. The molecule has 2 aromatic carbocycles. The fourth-order valence-electron chi connectivity index (χ4n) is 1.78. The van der Waals surface area contributed by atoms with E-state index in [1.165, 1.54) is 18.2 Å². The lowest BCUT2D eigenvalue weighted by molar-refractivity contribution is -0.384. The second-order valence-corrected chi connectivity index (χ2v) is 4.59. The van der Waals surface area contributed by atoms with E-state index < -0.39 is 10.8 Å². The van der Waals surface area contributed by atoms with Gasteiger partial charge in [0, 0.05) is 11.8 Å². The minimum absolute atomic E-state index is 0.0141. The van der Waals surface area contributed by atoms with Gasteiger partial charge in [-0.05, 0) is 23.8 Å². The van der Waals surface area contributed by atoms with Gasteiger partial charge in [-0.25, -0.2) is 0 Å². The third-order valence-corrected chi connectivity index (χ3v) is 3.18. The van der Waals surface area contributed by atoms with Crippen molar-refractivity contribution in [1.29, 1.82) is 0 Å². The molecular weight excluding hydrogens is 296 g/mol. The number of amides is 1. The maximum absolute atomic E-state index is 12.1. The van der Waals surface area contributed by atoms with Crippen LogP contribution in [0.1, 0.15) is 15.9 Å². The topological polar surface area (TPSA) is 92.5 Å². The minimum atomic E-state index is -0.647. The summed E-state index contributed by atoms with van der Waals surface area (Å²) < 4.78 is 0. The molecule has 2 rings (SSSR count). The van der Waals surface area contributed by atoms with Crippen LogP contribution in [0.5, 0.6) is 0 Å². The number of halogens is 1. The summed E-state index contributed by atoms with van der Waals surface area (Å²) in [6.07, 6.45) is 0. The zero-order valence-corrected chi connectivity index (χ0v) is 11.5. The summed E-state index contributed by atoms with van der Waals surface area (Å²) in [6, 6.07) is 10.6. The van der Waals surface area contributed by atoms with Gasteiger partial charge in [0.1, 0.15) is 5.02 Å². The molecule has 0 saturated heterocycles. The number of carbonyl (C=O) groups is 1. The van der Waals surface area contributed by atoms with Gasteiger partial charge in [-0.3, -0.25) is 14.9 Å². The molecule has 2 aromatic rings. The highest BCUT2D eigenvalue weighted by atomic mass is 35.5. The monoisotopic (exact) mass is 306 g/mol. The number of benzene rings is 2. The van der Waals surface area contributed by atoms with Gasteiger partial charge in [-0.1, -0.05) is 29.8 Å². The minimum Gasteiger partial charge on any atom is -0.392 e. The van der Waals surface area contributed by atoms with Crippen molar-refractivity contribution in [3.63, 3.8) is 0 Å². The molecule has 0 aliphatic rings. The molecule has 2 N–H and O–H groups in total. The van der Waals surface area contributed by atoms with Gasteiger partial charge < -0.3 is 10.4 Å². The summed E-state index contributed by atoms with van der Waals surface area (Å²) in [6.45, 7) is -0.152. The van der Waals surface area contributed by atoms with Crippen LogP contribution in [0, 0.1) is 10.1 Å². The Morgan fingerprint density at radius 1 is 1.29 bits per heavy atom. The van der Waals surface area contributed by atoms with Gasteiger partial charge in [-0.15, -0.1) is 0 Å². The van der Waals surface area contributed by atoms with E-state index in [-0.39, 0.29) is 22.9 Å². The van der Waals surface area contributed by atoms with Crippen LogP contribution in [0.4, 0.5) is 11.4 Å². The van der Waals surface area contributed by atoms with E-state index in [1.54, 1.807) is 24.3 Å². The highest BCUT2D eigenvalue weighted by Gasteiger charge is 2.19. The third-order valence-electron chi connectivity index (χ3n) is 2.79. The normalized spacial score (nSPS) is 10.2. The van der Waals surface area contributed by atoms with Crippen LogP contribution in [0.2, 0.25) is 5.02 Å². The Bertz CT molecular complexity index is 703. The molecule has 0 radical (unpaired) electrons. The molecule has 6 nitrogen and oxygen atoms in total. The number of nitro groups is 1. The van der Waals surface area contributed by atoms with E-state index in [4.69, 9.17) is 16.7 Å². The van der Waals surface area contributed by atoms with E-state index in [9.17, 15) is 14.9 Å². The van der Waals surface area contributed by atoms with E-state index in [2.05, 4.69) is 5.32 Å². The number of nitrogens with zero attached hydrogens (tertiary/aromatic N) is 1. The Morgan fingerprint density at radius 3 is 2.67 bits per heavy atom. The molecule has 21 heavy (non-hydrogen) atoms. The van der Waals surface area contributed by atoms with Crippen LogP contribution >= 0.6 is 11.6 Å². The second kappa shape index (κ2) is 6.34. The van der Waals surface area contributed by atoms with Crippen molar-refractivity contribution in [3.05, 3.63) is 68.7 Å². The SMILES string of the molecule is O=C(Nc1cccc(CO)c1)c1cccc([N+](=O)[O-])c1Cl. The number of rotatable bonds is 4. The van der Waals surface area contributed by atoms with Gasteiger partial charge in [0.15, 0.2) is 0 Å². The molecule has 0 bridgehead atoms. The molecule has 0 heterocycles. The van der Waals surface area contributed by atoms with Crippen molar-refractivity contribution >= 4 is 28.9 Å². The molecule has 0 aromatic heterocycles. The highest BCUT2D eigenvalue weighted by Crippen LogP contribution is 2.28. The van der Waals surface area contributed by atoms with E-state index in [0.717, 1.165) is 0 Å². The van der Waals surface area contributed by atoms with E-state index in [1.807, 2.05) is 0 Å². The Kier molecular flexibility index (Phi) is 4.52. The maximum atomic E-state index is 12.1. The van der Waals surface area contributed by atoms with Crippen LogP contribution in [0.25, 0.3) is 0 Å². The van der Waals surface area contributed by atoms with Crippen LogP contribution in [-0.2, 0) is 6.61 Å². The van der Waals surface area contributed by atoms with Crippen LogP contribution in [0.3, 0.4) is 0 Å². The van der Waals surface area contributed by atoms with Gasteiger partial charge in [-0.2, -0.15) is 0 Å². The van der Waals surface area contributed by atoms with Crippen molar-refractivity contribution < 1.29 is 14.8 Å². The molecule has 0 spiro atoms. The summed E-state index contributed by atoms with van der Waals surface area (Å²) in [5.74, 6) is -0.557. The number of hydrogen-bond donors (Lipinski definition) is 2. The molecule has 0 fully saturated rings. The third kappa shape index (κ3) is 3.36. The molecule has 7 heteroatoms. The molecular formula is C14H11ClN2O4. The molecule has 0 saturated carbocycles. The second-order valence-electron chi connectivity index (χ2n) is 4.21. The Balaban J connectivity index is 2.28. The number of anilines is 1. The molecule has 0 aliphatic carbocycles. The first-order valence-electron chi connectivity index (χ1n) is 5.97. The van der Waals surface area contributed by atoms with Gasteiger partial charge in [0.2, 0.25) is 0 Å². The van der Waals surface area contributed by atoms with Crippen LogP contribution in [0.15, 0.2) is 42.5 Å². The number of hydrogen-bond acceptors (Lipinski definition) is 4. The number of nitrogens with one attached hydrogen (secondary N) is 1. The summed E-state index contributed by atoms with van der Waals surface area (Å²) in [4.78, 5) is 22.3. The fourth-order valence-corrected chi connectivity index (χ4v) is 2.06. The van der Waals surface area contributed by atoms with Crippen molar-refractivity contribution in [2.24, 2.45) is 0 Å². The first kappa shape index (κ1) is 15.0. The Hall–Kier alpha value is -2.44. The largest absolute Gasteiger partial charge is 0.392 e. The van der Waals surface area contributed by atoms with Crippen molar-refractivity contribution in [3.8, 4) is 0 Å². The fraction of sp³-hybridized carbons (Fsp3) is 0.0714. The predicted molar refractivity (Wildman–Crippen MR) is 78.4 cm³/mol. The Labute approximate surface area is 125 Å². The first-order valence-corrected chi connectivity index (χ1v) is 6.34. The smallest absolute Gasteiger partial charge is 0.288 e. The lowest BCUT2D eigenvalue weighted by Gasteiger charge is -2.08. The molecule has 0 unspecified atom stereocenters. The number of nitro benzene ring substituents is 1. The highest BCUT2D eigenvalue weighted by molar-refractivity contribution is 6.36. The standard InChI is InChI=1S/C14H11ClN2O4/c15-13-11(5-2-6-12(13)17(20)21)14(19)16-10-4-1-3-9(7-10)8-18/h1-7,18H,8H2,(H,16,19). The zero-order valence-electron chi connectivity index (χ0n) is 10.7. The van der Waals surface area contributed by atoms with Crippen molar-refractivity contribution in [1.82, 2.24) is 0 Å². The molecule has 108 valence electrons. The summed E-state index contributed by atoms with van der Waals surface area (Å²) in [5.41, 5.74) is 0.792. The Morgan fingerprint density at radius 2 is 2.00 bits per heavy atom. The van der Waals surface area contributed by atoms with E-state index in [0.29, 0.717) is 11.3 Å². The predicted octanol–water partition coefficient (Wildman–Crippen LogP) is 2.99. The molecule has 0 aliphatic heterocycles. The first-order chi connectivity index (χ1) is 10.0. The summed E-state index contributed by atoms with van der Waals surface area (Å²) >= 11 is 5.88. The van der Waals surface area contributed by atoms with Crippen molar-refractivity contribution in [2.45, 2.75) is 6.61 Å². The number of carbonyl (C=O) groups excluding carboxylic acids is 1. The average molecular weight is 307 g/mol. The lowest BCUT2D eigenvalue weighted by Crippen LogP contribution is -2.13. The summed E-state index contributed by atoms with van der Waals surface area (Å²) in [5, 5.41) is 22.2. The van der Waals surface area contributed by atoms with Crippen LogP contribution in [-0.4, -0.2) is 15.9 Å². The summed E-state index contributed by atoms with van der Waals surface area (Å²) in [7, 11) is 0. The number of aliphatic hydroxyl groups excluding tert-OH is 1. The number of aliphatic hydroxyl groups is 1. The molecule has 1 amide bonds.